The van der Waals surface area contributed by atoms with Crippen LogP contribution in [0.4, 0.5) is 11.4 Å². The topological polar surface area (TPSA) is 58.8 Å². The smallest absolute Gasteiger partial charge is 0.254 e. The predicted octanol–water partition coefficient (Wildman–Crippen LogP) is 3.53. The van der Waals surface area contributed by atoms with Crippen molar-refractivity contribution in [3.63, 3.8) is 0 Å². The van der Waals surface area contributed by atoms with Gasteiger partial charge in [0.25, 0.3) is 5.91 Å². The molecule has 5 nitrogen and oxygen atoms in total. The number of anilines is 2. The number of amides is 1. The molecule has 0 aliphatic carbocycles. The van der Waals surface area contributed by atoms with Crippen molar-refractivity contribution in [2.24, 2.45) is 0 Å². The van der Waals surface area contributed by atoms with Crippen LogP contribution >= 0.6 is 24.8 Å². The molecule has 1 heterocycles. The van der Waals surface area contributed by atoms with E-state index in [0.717, 1.165) is 37.4 Å². The molecule has 0 radical (unpaired) electrons. The number of aryl methyl sites for hydroxylation is 1. The second-order valence-electron chi connectivity index (χ2n) is 6.46. The molecule has 0 spiro atoms. The molecule has 27 heavy (non-hydrogen) atoms. The summed E-state index contributed by atoms with van der Waals surface area (Å²) in [5.74, 6) is -0.0124. The lowest BCUT2D eigenvalue weighted by Gasteiger charge is -2.31. The van der Waals surface area contributed by atoms with Crippen LogP contribution in [0.5, 0.6) is 0 Å². The molecule has 2 aromatic rings. The predicted molar refractivity (Wildman–Crippen MR) is 115 cm³/mol. The first-order chi connectivity index (χ1) is 12.1. The Kier molecular flexibility index (Phi) is 8.89. The Morgan fingerprint density at radius 1 is 1.15 bits per heavy atom. The Hall–Kier alpha value is -1.95. The molecule has 0 bridgehead atoms. The molecule has 0 unspecified atom stereocenters. The van der Waals surface area contributed by atoms with Gasteiger partial charge in [0.15, 0.2) is 0 Å². The highest BCUT2D eigenvalue weighted by atomic mass is 35.5. The lowest BCUT2D eigenvalue weighted by molar-refractivity contribution is 0.0784. The van der Waals surface area contributed by atoms with Gasteiger partial charge in [-0.05, 0) is 36.2 Å². The van der Waals surface area contributed by atoms with E-state index in [0.29, 0.717) is 17.8 Å². The van der Waals surface area contributed by atoms with Gasteiger partial charge < -0.3 is 20.3 Å². The monoisotopic (exact) mass is 411 g/mol. The molecule has 148 valence electrons. The van der Waals surface area contributed by atoms with Crippen molar-refractivity contribution in [3.8, 4) is 0 Å². The van der Waals surface area contributed by atoms with Gasteiger partial charge in [-0.2, -0.15) is 0 Å². The van der Waals surface area contributed by atoms with E-state index in [2.05, 4.69) is 17.0 Å². The van der Waals surface area contributed by atoms with Crippen LogP contribution in [0.3, 0.4) is 0 Å². The molecule has 3 rings (SSSR count). The Morgan fingerprint density at radius 2 is 1.81 bits per heavy atom. The van der Waals surface area contributed by atoms with Gasteiger partial charge in [-0.3, -0.25) is 4.79 Å². The molecular formula is C20H27Cl2N3O2. The standard InChI is InChI=1S/C20H25N3O2.2ClH/c1-15-7-8-17(21)13-18(15)20(24)22(2)14-16-5-3-4-6-19(16)23-9-11-25-12-10-23;;/h3-8,13H,9-12,14,21H2,1-2H3;2*1H. The molecule has 0 aromatic heterocycles. The quantitative estimate of drug-likeness (QED) is 0.781. The Morgan fingerprint density at radius 3 is 2.52 bits per heavy atom. The summed E-state index contributed by atoms with van der Waals surface area (Å²) in [7, 11) is 1.83. The van der Waals surface area contributed by atoms with Gasteiger partial charge in [0.1, 0.15) is 0 Å². The number of halogens is 2. The van der Waals surface area contributed by atoms with Crippen molar-refractivity contribution in [3.05, 3.63) is 59.2 Å². The highest BCUT2D eigenvalue weighted by molar-refractivity contribution is 5.96. The third-order valence-corrected chi connectivity index (χ3v) is 4.59. The first-order valence-electron chi connectivity index (χ1n) is 8.58. The fourth-order valence-electron chi connectivity index (χ4n) is 3.16. The highest BCUT2D eigenvalue weighted by Crippen LogP contribution is 2.24. The Bertz CT molecular complexity index is 765. The lowest BCUT2D eigenvalue weighted by atomic mass is 10.1. The number of benzene rings is 2. The molecule has 1 amide bonds. The van der Waals surface area contributed by atoms with Crippen molar-refractivity contribution in [1.82, 2.24) is 4.90 Å². The molecule has 1 aliphatic rings. The van der Waals surface area contributed by atoms with Crippen molar-refractivity contribution in [2.75, 3.05) is 44.0 Å². The van der Waals surface area contributed by atoms with Crippen LogP contribution in [0, 0.1) is 6.92 Å². The second kappa shape index (κ2) is 10.4. The average Bonchev–Trinajstić information content (AvgIpc) is 2.64. The molecular weight excluding hydrogens is 385 g/mol. The molecule has 0 saturated carbocycles. The summed E-state index contributed by atoms with van der Waals surface area (Å²) in [5.41, 5.74) is 10.4. The normalized spacial score (nSPS) is 13.3. The number of hydrogen-bond donors (Lipinski definition) is 1. The molecule has 7 heteroatoms. The number of para-hydroxylation sites is 1. The Balaban J connectivity index is 0.00000182. The van der Waals surface area contributed by atoms with E-state index in [1.54, 1.807) is 11.0 Å². The molecule has 0 atom stereocenters. The average molecular weight is 412 g/mol. The van der Waals surface area contributed by atoms with E-state index in [4.69, 9.17) is 10.5 Å². The van der Waals surface area contributed by atoms with E-state index < -0.39 is 0 Å². The number of morpholine rings is 1. The fraction of sp³-hybridized carbons (Fsp3) is 0.350. The maximum absolute atomic E-state index is 12.8. The van der Waals surface area contributed by atoms with E-state index in [9.17, 15) is 4.79 Å². The summed E-state index contributed by atoms with van der Waals surface area (Å²) in [6.45, 7) is 5.73. The maximum atomic E-state index is 12.8. The number of nitrogens with zero attached hydrogens (tertiary/aromatic N) is 2. The van der Waals surface area contributed by atoms with Crippen molar-refractivity contribution < 1.29 is 9.53 Å². The van der Waals surface area contributed by atoms with Gasteiger partial charge in [-0.15, -0.1) is 24.8 Å². The number of nitrogens with two attached hydrogens (primary N) is 1. The largest absolute Gasteiger partial charge is 0.399 e. The molecule has 1 aliphatic heterocycles. The minimum absolute atomic E-state index is 0. The zero-order valence-corrected chi connectivity index (χ0v) is 17.3. The zero-order valence-electron chi connectivity index (χ0n) is 15.7. The van der Waals surface area contributed by atoms with E-state index in [1.165, 1.54) is 5.69 Å². The second-order valence-corrected chi connectivity index (χ2v) is 6.46. The van der Waals surface area contributed by atoms with Crippen LogP contribution in [0.1, 0.15) is 21.5 Å². The zero-order chi connectivity index (χ0) is 17.8. The van der Waals surface area contributed by atoms with E-state index in [-0.39, 0.29) is 30.7 Å². The van der Waals surface area contributed by atoms with Gasteiger partial charge in [0.2, 0.25) is 0 Å². The molecule has 1 fully saturated rings. The molecule has 2 N–H and O–H groups in total. The fourth-order valence-corrected chi connectivity index (χ4v) is 3.16. The summed E-state index contributed by atoms with van der Waals surface area (Å²) in [5, 5.41) is 0. The van der Waals surface area contributed by atoms with Crippen molar-refractivity contribution in [2.45, 2.75) is 13.5 Å². The number of nitrogen functional groups attached to an aromatic ring is 1. The first-order valence-corrected chi connectivity index (χ1v) is 8.58. The van der Waals surface area contributed by atoms with Gasteiger partial charge >= 0.3 is 0 Å². The summed E-state index contributed by atoms with van der Waals surface area (Å²) < 4.78 is 5.44. The lowest BCUT2D eigenvalue weighted by Crippen LogP contribution is -2.37. The van der Waals surface area contributed by atoms with Crippen LogP contribution in [0.2, 0.25) is 0 Å². The number of carbonyl (C=O) groups excluding carboxylic acids is 1. The van der Waals surface area contributed by atoms with Crippen molar-refractivity contribution >= 4 is 42.1 Å². The third-order valence-electron chi connectivity index (χ3n) is 4.59. The van der Waals surface area contributed by atoms with Gasteiger partial charge in [-0.25, -0.2) is 0 Å². The van der Waals surface area contributed by atoms with Crippen molar-refractivity contribution in [1.29, 1.82) is 0 Å². The summed E-state index contributed by atoms with van der Waals surface area (Å²) in [6.07, 6.45) is 0. The summed E-state index contributed by atoms with van der Waals surface area (Å²) in [6, 6.07) is 13.7. The third kappa shape index (κ3) is 5.51. The van der Waals surface area contributed by atoms with Gasteiger partial charge in [0, 0.05) is 43.6 Å². The number of hydrogen-bond acceptors (Lipinski definition) is 4. The SMILES string of the molecule is Cc1ccc(N)cc1C(=O)N(C)Cc1ccccc1N1CCOCC1.Cl.Cl. The highest BCUT2D eigenvalue weighted by Gasteiger charge is 2.19. The van der Waals surface area contributed by atoms with Gasteiger partial charge in [-0.1, -0.05) is 24.3 Å². The van der Waals surface area contributed by atoms with Gasteiger partial charge in [0.05, 0.1) is 13.2 Å². The summed E-state index contributed by atoms with van der Waals surface area (Å²) >= 11 is 0. The number of carbonyl (C=O) groups is 1. The van der Waals surface area contributed by atoms with Crippen LogP contribution in [0.25, 0.3) is 0 Å². The summed E-state index contributed by atoms with van der Waals surface area (Å²) in [4.78, 5) is 16.9. The minimum Gasteiger partial charge on any atom is -0.399 e. The van der Waals surface area contributed by atoms with Crippen LogP contribution in [-0.2, 0) is 11.3 Å². The van der Waals surface area contributed by atoms with E-state index >= 15 is 0 Å². The maximum Gasteiger partial charge on any atom is 0.254 e. The van der Waals surface area contributed by atoms with Crippen LogP contribution in [0.15, 0.2) is 42.5 Å². The Labute approximate surface area is 173 Å². The van der Waals surface area contributed by atoms with Crippen LogP contribution in [-0.4, -0.2) is 44.2 Å². The minimum atomic E-state index is -0.0124. The molecule has 1 saturated heterocycles. The van der Waals surface area contributed by atoms with E-state index in [1.807, 2.05) is 38.2 Å². The number of rotatable bonds is 4. The number of ether oxygens (including phenoxy) is 1. The first kappa shape index (κ1) is 23.1. The van der Waals surface area contributed by atoms with Crippen LogP contribution < -0.4 is 10.6 Å². The molecule has 2 aromatic carbocycles.